The van der Waals surface area contributed by atoms with Gasteiger partial charge in [0, 0.05) is 32.7 Å². The molecule has 1 atom stereocenters. The minimum absolute atomic E-state index is 0.0154. The highest BCUT2D eigenvalue weighted by atomic mass is 19.1. The number of nitrogens with zero attached hydrogens (tertiary/aromatic N) is 3. The van der Waals surface area contributed by atoms with E-state index in [0.717, 1.165) is 0 Å². The molecule has 0 fully saturated rings. The second-order valence-corrected chi connectivity index (χ2v) is 10.3. The van der Waals surface area contributed by atoms with Gasteiger partial charge in [0.2, 0.25) is 0 Å². The lowest BCUT2D eigenvalue weighted by atomic mass is 9.99. The third-order valence-electron chi connectivity index (χ3n) is 6.30. The molecule has 0 saturated heterocycles. The van der Waals surface area contributed by atoms with Gasteiger partial charge in [-0.1, -0.05) is 0 Å². The van der Waals surface area contributed by atoms with Crippen molar-refractivity contribution >= 4 is 23.8 Å². The highest BCUT2D eigenvalue weighted by molar-refractivity contribution is 6.08. The number of rotatable bonds is 8. The van der Waals surface area contributed by atoms with Gasteiger partial charge in [0.05, 0.1) is 24.0 Å². The van der Waals surface area contributed by atoms with E-state index in [4.69, 9.17) is 19.3 Å². The summed E-state index contributed by atoms with van der Waals surface area (Å²) in [4.78, 5) is 39.5. The monoisotopic (exact) mass is 545 g/mol. The van der Waals surface area contributed by atoms with Crippen molar-refractivity contribution in [1.82, 2.24) is 20.0 Å². The lowest BCUT2D eigenvalue weighted by Gasteiger charge is -2.34. The molecule has 0 bridgehead atoms. The van der Waals surface area contributed by atoms with Crippen molar-refractivity contribution in [2.45, 2.75) is 65.9 Å². The van der Waals surface area contributed by atoms with Gasteiger partial charge in [-0.15, -0.1) is 0 Å². The van der Waals surface area contributed by atoms with Gasteiger partial charge in [-0.3, -0.25) is 4.79 Å². The van der Waals surface area contributed by atoms with E-state index in [2.05, 4.69) is 10.6 Å². The zero-order chi connectivity index (χ0) is 29.1. The molecule has 1 aromatic carbocycles. The van der Waals surface area contributed by atoms with Crippen molar-refractivity contribution in [2.24, 2.45) is 0 Å². The molecule has 3 rings (SSSR count). The molecule has 1 aliphatic heterocycles. The summed E-state index contributed by atoms with van der Waals surface area (Å²) in [6.07, 6.45) is -0.808. The molecule has 2 heterocycles. The van der Waals surface area contributed by atoms with Crippen molar-refractivity contribution in [2.75, 3.05) is 32.6 Å². The van der Waals surface area contributed by atoms with E-state index in [-0.39, 0.29) is 23.9 Å². The number of nitrogens with one attached hydrogen (secondary N) is 2. The first-order valence-electron chi connectivity index (χ1n) is 12.6. The lowest BCUT2D eigenvalue weighted by Crippen LogP contribution is -2.42. The first-order valence-corrected chi connectivity index (χ1v) is 12.6. The number of aromatic nitrogens is 2. The number of aryl methyl sites for hydroxylation is 2. The number of carbonyl (C=O) groups is 2. The van der Waals surface area contributed by atoms with Crippen LogP contribution in [0, 0.1) is 19.7 Å². The van der Waals surface area contributed by atoms with E-state index >= 15 is 0 Å². The van der Waals surface area contributed by atoms with Crippen molar-refractivity contribution in [1.29, 1.82) is 0 Å². The van der Waals surface area contributed by atoms with Gasteiger partial charge in [0.1, 0.15) is 17.2 Å². The van der Waals surface area contributed by atoms with Crippen LogP contribution in [0.4, 0.5) is 15.0 Å². The van der Waals surface area contributed by atoms with Crippen LogP contribution in [0.25, 0.3) is 5.69 Å². The number of amides is 2. The first-order chi connectivity index (χ1) is 18.3. The number of carbonyl (C=O) groups excluding carboxylic acids is 3. The van der Waals surface area contributed by atoms with Crippen molar-refractivity contribution in [3.8, 4) is 5.69 Å². The predicted molar refractivity (Wildman–Crippen MR) is 142 cm³/mol. The molecule has 12 heteroatoms. The zero-order valence-electron chi connectivity index (χ0n) is 23.6. The van der Waals surface area contributed by atoms with Crippen LogP contribution in [0.2, 0.25) is 0 Å². The number of hydrogen-bond acceptors (Lipinski definition) is 8. The van der Waals surface area contributed by atoms with E-state index in [1.165, 1.54) is 18.9 Å². The molecule has 2 N–H and O–H groups in total. The van der Waals surface area contributed by atoms with Crippen LogP contribution in [-0.4, -0.2) is 71.8 Å². The normalized spacial score (nSPS) is 15.0. The summed E-state index contributed by atoms with van der Waals surface area (Å²) in [6, 6.07) is 2.70. The molecule has 1 aliphatic rings. The van der Waals surface area contributed by atoms with Gasteiger partial charge in [0.25, 0.3) is 5.91 Å². The molecule has 0 radical (unpaired) electrons. The topological polar surface area (TPSA) is 124 Å². The predicted octanol–water partition coefficient (Wildman–Crippen LogP) is 3.34. The van der Waals surface area contributed by atoms with Crippen LogP contribution in [0.15, 0.2) is 17.8 Å². The Morgan fingerprint density at radius 1 is 1.21 bits per heavy atom. The maximum Gasteiger partial charge on any atom is 0.410 e. The van der Waals surface area contributed by atoms with Crippen LogP contribution >= 0.6 is 0 Å². The number of methoxy groups -OCH3 is 2. The molecule has 0 spiro atoms. The van der Waals surface area contributed by atoms with E-state index in [1.807, 2.05) is 0 Å². The number of benzene rings is 1. The van der Waals surface area contributed by atoms with E-state index in [1.54, 1.807) is 64.5 Å². The molecule has 0 unspecified atom stereocenters. The average molecular weight is 546 g/mol. The van der Waals surface area contributed by atoms with Crippen molar-refractivity contribution < 1.29 is 33.0 Å². The highest BCUT2D eigenvalue weighted by Crippen LogP contribution is 2.37. The number of hydrogen-bond donors (Lipinski definition) is 2. The molecule has 0 aliphatic carbocycles. The van der Waals surface area contributed by atoms with Crippen LogP contribution in [0.1, 0.15) is 56.1 Å². The van der Waals surface area contributed by atoms with Gasteiger partial charge < -0.3 is 29.7 Å². The summed E-state index contributed by atoms with van der Waals surface area (Å²) < 4.78 is 31.7. The highest BCUT2D eigenvalue weighted by Gasteiger charge is 2.36. The fourth-order valence-electron chi connectivity index (χ4n) is 4.38. The van der Waals surface area contributed by atoms with Gasteiger partial charge in [-0.25, -0.2) is 18.7 Å². The summed E-state index contributed by atoms with van der Waals surface area (Å²) in [5.41, 5.74) is 1.47. The van der Waals surface area contributed by atoms with Crippen LogP contribution in [0.5, 0.6) is 0 Å². The minimum Gasteiger partial charge on any atom is -0.444 e. The number of fused-ring (bicyclic) bond motifs is 1. The lowest BCUT2D eigenvalue weighted by molar-refractivity contribution is -0.114. The van der Waals surface area contributed by atoms with Gasteiger partial charge >= 0.3 is 6.09 Å². The Hall–Kier alpha value is -3.73. The largest absolute Gasteiger partial charge is 0.444 e. The summed E-state index contributed by atoms with van der Waals surface area (Å²) in [7, 11) is 2.85. The standard InChI is InChI=1S/C27H36FN5O6/c1-15-11-18(12-16(2)23(15)28)33-24(30-25(35)20(14-34)29-13-21(37-7)38-8)22-17(3)32(10-9-19(22)31-33)26(36)39-27(4,5)6/h11-12,17,21,29H,9-10,13H2,1-8H3,(H,30,35)/t17-/m0/s1. The SMILES string of the molecule is COC(CNC(=C=O)C(=O)Nc1c2c(nn1-c1cc(C)c(F)c(C)c1)CCN(C(=O)OC(C)(C)C)[C@H]2C)OC. The summed E-state index contributed by atoms with van der Waals surface area (Å²) >= 11 is 0. The number of anilines is 1. The van der Waals surface area contributed by atoms with E-state index in [0.29, 0.717) is 41.0 Å². The molecule has 39 heavy (non-hydrogen) atoms. The Bertz CT molecular complexity index is 1270. The van der Waals surface area contributed by atoms with Gasteiger partial charge in [-0.05, 0) is 64.8 Å². The van der Waals surface area contributed by atoms with E-state index < -0.39 is 29.9 Å². The fourth-order valence-corrected chi connectivity index (χ4v) is 4.38. The fraction of sp³-hybridized carbons (Fsp3) is 0.519. The van der Waals surface area contributed by atoms with Gasteiger partial charge in [-0.2, -0.15) is 5.10 Å². The molecule has 0 saturated carbocycles. The van der Waals surface area contributed by atoms with Crippen LogP contribution in [0.3, 0.4) is 0 Å². The minimum atomic E-state index is -0.781. The maximum atomic E-state index is 14.4. The Labute approximate surface area is 227 Å². The molecular weight excluding hydrogens is 509 g/mol. The summed E-state index contributed by atoms with van der Waals surface area (Å²) in [6.45, 7) is 10.8. The molecule has 1 aromatic heterocycles. The number of halogens is 1. The third-order valence-corrected chi connectivity index (χ3v) is 6.30. The van der Waals surface area contributed by atoms with Crippen molar-refractivity contribution in [3.63, 3.8) is 0 Å². The quantitative estimate of drug-likeness (QED) is 0.294. The molecule has 11 nitrogen and oxygen atoms in total. The van der Waals surface area contributed by atoms with Gasteiger partial charge in [0.15, 0.2) is 17.9 Å². The summed E-state index contributed by atoms with van der Waals surface area (Å²) in [5, 5.41) is 10.2. The Morgan fingerprint density at radius 3 is 2.36 bits per heavy atom. The molecule has 2 amide bonds. The molecule has 212 valence electrons. The summed E-state index contributed by atoms with van der Waals surface area (Å²) in [5.74, 6) is 0.736. The first kappa shape index (κ1) is 29.8. The zero-order valence-corrected chi connectivity index (χ0v) is 23.6. The molecular formula is C27H36FN5O6. The van der Waals surface area contributed by atoms with E-state index in [9.17, 15) is 18.8 Å². The Balaban J connectivity index is 2.06. The second-order valence-electron chi connectivity index (χ2n) is 10.3. The van der Waals surface area contributed by atoms with Crippen molar-refractivity contribution in [3.05, 3.63) is 46.0 Å². The second kappa shape index (κ2) is 12.0. The van der Waals surface area contributed by atoms with Crippen LogP contribution < -0.4 is 10.6 Å². The molecule has 2 aromatic rings. The average Bonchev–Trinajstić information content (AvgIpc) is 3.23. The number of ether oxygens (including phenoxy) is 3. The third kappa shape index (κ3) is 6.65. The van der Waals surface area contributed by atoms with Crippen LogP contribution in [-0.2, 0) is 30.2 Å². The smallest absolute Gasteiger partial charge is 0.410 e. The Morgan fingerprint density at radius 2 is 1.82 bits per heavy atom. The maximum absolute atomic E-state index is 14.4. The Kier molecular flexibility index (Phi) is 9.16.